The van der Waals surface area contributed by atoms with Crippen LogP contribution in [0.4, 0.5) is 0 Å². The molecule has 2 amide bonds. The molecule has 0 N–H and O–H groups in total. The number of carbonyl (C=O) groups excluding carboxylic acids is 3. The van der Waals surface area contributed by atoms with E-state index in [4.69, 9.17) is 18.9 Å². The lowest BCUT2D eigenvalue weighted by atomic mass is 10.00. The van der Waals surface area contributed by atoms with Gasteiger partial charge < -0.3 is 28.6 Å². The standard InChI is InChI=1S/C18H26N4O7.C7H15N.C2H6/c23-5-1-6-26-8-10-28-12-13-29-11-9-27-7-4-21-14-16(19-20-21)15-22-17(24)2-3-18(22)25;1-7-3-5-8(2)6-4-7;1-2/h2-3,5,14H,1,4,6-13,15H2;7H,3-6H2,1-2H3;1-2H3. The highest BCUT2D eigenvalue weighted by atomic mass is 16.6. The molecular formula is C27H47N5O7. The van der Waals surface area contributed by atoms with Gasteiger partial charge in [-0.1, -0.05) is 26.0 Å². The largest absolute Gasteiger partial charge is 0.379 e. The molecule has 12 heteroatoms. The molecule has 222 valence electrons. The number of imide groups is 1. The fraction of sp³-hybridized carbons (Fsp3) is 0.741. The fourth-order valence-corrected chi connectivity index (χ4v) is 3.46. The van der Waals surface area contributed by atoms with Crippen LogP contribution in [-0.4, -0.2) is 116 Å². The average Bonchev–Trinajstić information content (AvgIpc) is 3.53. The third-order valence-corrected chi connectivity index (χ3v) is 5.77. The normalized spacial score (nSPS) is 15.6. The number of piperidine rings is 1. The number of ether oxygens (including phenoxy) is 4. The smallest absolute Gasteiger partial charge is 0.253 e. The first-order chi connectivity index (χ1) is 19.0. The Labute approximate surface area is 232 Å². The molecule has 12 nitrogen and oxygen atoms in total. The molecule has 0 aliphatic carbocycles. The van der Waals surface area contributed by atoms with Gasteiger partial charge in [0.25, 0.3) is 11.8 Å². The van der Waals surface area contributed by atoms with Crippen molar-refractivity contribution in [3.8, 4) is 0 Å². The lowest BCUT2D eigenvalue weighted by molar-refractivity contribution is -0.137. The molecule has 2 aliphatic heterocycles. The van der Waals surface area contributed by atoms with E-state index in [0.717, 1.165) is 17.1 Å². The number of hydrogen-bond donors (Lipinski definition) is 0. The molecule has 1 fully saturated rings. The summed E-state index contributed by atoms with van der Waals surface area (Å²) < 4.78 is 22.9. The van der Waals surface area contributed by atoms with Crippen LogP contribution in [0.3, 0.4) is 0 Å². The van der Waals surface area contributed by atoms with Crippen molar-refractivity contribution in [2.75, 3.05) is 73.0 Å². The number of nitrogens with zero attached hydrogens (tertiary/aromatic N) is 5. The molecule has 0 saturated carbocycles. The topological polar surface area (TPSA) is 125 Å². The van der Waals surface area contributed by atoms with Crippen LogP contribution in [0, 0.1) is 5.92 Å². The van der Waals surface area contributed by atoms with Crippen LogP contribution in [-0.2, 0) is 46.4 Å². The molecular weight excluding hydrogens is 506 g/mol. The van der Waals surface area contributed by atoms with E-state index in [1.54, 1.807) is 10.9 Å². The zero-order chi connectivity index (χ0) is 28.7. The number of carbonyl (C=O) groups is 3. The summed E-state index contributed by atoms with van der Waals surface area (Å²) in [4.78, 5) is 36.6. The summed E-state index contributed by atoms with van der Waals surface area (Å²) in [6, 6.07) is 0. The zero-order valence-corrected chi connectivity index (χ0v) is 24.1. The molecule has 1 aromatic rings. The van der Waals surface area contributed by atoms with Gasteiger partial charge >= 0.3 is 0 Å². The first-order valence-electron chi connectivity index (χ1n) is 13.8. The molecule has 0 atom stereocenters. The van der Waals surface area contributed by atoms with Gasteiger partial charge in [0.05, 0.1) is 72.1 Å². The molecule has 0 radical (unpaired) electrons. The fourth-order valence-electron chi connectivity index (χ4n) is 3.46. The quantitative estimate of drug-likeness (QED) is 0.160. The minimum Gasteiger partial charge on any atom is -0.379 e. The van der Waals surface area contributed by atoms with Crippen molar-refractivity contribution in [3.05, 3.63) is 24.0 Å². The monoisotopic (exact) mass is 553 g/mol. The van der Waals surface area contributed by atoms with E-state index in [2.05, 4.69) is 29.2 Å². The average molecular weight is 554 g/mol. The highest BCUT2D eigenvalue weighted by molar-refractivity contribution is 6.12. The number of rotatable bonds is 17. The lowest BCUT2D eigenvalue weighted by Gasteiger charge is -2.26. The van der Waals surface area contributed by atoms with Crippen LogP contribution < -0.4 is 0 Å². The van der Waals surface area contributed by atoms with Gasteiger partial charge in [0.1, 0.15) is 12.0 Å². The van der Waals surface area contributed by atoms with Gasteiger partial charge in [-0.25, -0.2) is 4.68 Å². The lowest BCUT2D eigenvalue weighted by Crippen LogP contribution is -2.29. The molecule has 2 aliphatic rings. The Morgan fingerprint density at radius 3 is 1.90 bits per heavy atom. The van der Waals surface area contributed by atoms with Crippen molar-refractivity contribution in [1.82, 2.24) is 24.8 Å². The maximum absolute atomic E-state index is 11.5. The predicted octanol–water partition coefficient (Wildman–Crippen LogP) is 1.73. The van der Waals surface area contributed by atoms with Crippen molar-refractivity contribution in [1.29, 1.82) is 0 Å². The molecule has 3 heterocycles. The summed E-state index contributed by atoms with van der Waals surface area (Å²) in [5.41, 5.74) is 0.535. The van der Waals surface area contributed by atoms with Crippen molar-refractivity contribution < 1.29 is 33.3 Å². The van der Waals surface area contributed by atoms with Crippen LogP contribution in [0.25, 0.3) is 0 Å². The maximum atomic E-state index is 11.5. The van der Waals surface area contributed by atoms with Gasteiger partial charge in [0.15, 0.2) is 0 Å². The Morgan fingerprint density at radius 1 is 0.872 bits per heavy atom. The Kier molecular flexibility index (Phi) is 19.8. The SMILES string of the molecule is CC.CC1CCN(C)CC1.O=CCCOCCOCCOCCOCCn1cc(CN2C(=O)C=CC2=O)nn1. The second-order valence-corrected chi connectivity index (χ2v) is 8.96. The molecule has 1 aromatic heterocycles. The Morgan fingerprint density at radius 2 is 1.38 bits per heavy atom. The van der Waals surface area contributed by atoms with Gasteiger partial charge in [0, 0.05) is 18.6 Å². The number of amides is 2. The second kappa shape index (κ2) is 22.3. The number of hydrogen-bond acceptors (Lipinski definition) is 10. The zero-order valence-electron chi connectivity index (χ0n) is 24.1. The van der Waals surface area contributed by atoms with E-state index in [0.29, 0.717) is 71.5 Å². The minimum absolute atomic E-state index is 0.103. The van der Waals surface area contributed by atoms with E-state index < -0.39 is 0 Å². The molecule has 1 saturated heterocycles. The third-order valence-electron chi connectivity index (χ3n) is 5.77. The van der Waals surface area contributed by atoms with E-state index >= 15 is 0 Å². The molecule has 3 rings (SSSR count). The first kappa shape index (κ1) is 34.5. The van der Waals surface area contributed by atoms with Gasteiger partial charge in [-0.2, -0.15) is 0 Å². The minimum atomic E-state index is -0.346. The summed E-state index contributed by atoms with van der Waals surface area (Å²) in [5, 5.41) is 7.90. The van der Waals surface area contributed by atoms with Crippen LogP contribution in [0.2, 0.25) is 0 Å². The molecule has 39 heavy (non-hydrogen) atoms. The van der Waals surface area contributed by atoms with Gasteiger partial charge in [0.2, 0.25) is 0 Å². The van der Waals surface area contributed by atoms with Crippen LogP contribution in [0.15, 0.2) is 18.3 Å². The summed E-state index contributed by atoms with van der Waals surface area (Å²) in [6.07, 6.45) is 8.17. The predicted molar refractivity (Wildman–Crippen MR) is 146 cm³/mol. The molecule has 0 aromatic carbocycles. The second-order valence-electron chi connectivity index (χ2n) is 8.96. The van der Waals surface area contributed by atoms with Crippen LogP contribution in [0.1, 0.15) is 45.7 Å². The summed E-state index contributed by atoms with van der Waals surface area (Å²) >= 11 is 0. The third kappa shape index (κ3) is 16.3. The molecule has 0 unspecified atom stereocenters. The van der Waals surface area contributed by atoms with Gasteiger partial charge in [-0.3, -0.25) is 14.5 Å². The first-order valence-corrected chi connectivity index (χ1v) is 13.8. The summed E-state index contributed by atoms with van der Waals surface area (Å²) in [5.74, 6) is 0.286. The molecule has 0 bridgehead atoms. The Hall–Kier alpha value is -2.51. The summed E-state index contributed by atoms with van der Waals surface area (Å²) in [6.45, 7) is 13.2. The number of aromatic nitrogens is 3. The van der Waals surface area contributed by atoms with E-state index in [-0.39, 0.29) is 18.4 Å². The summed E-state index contributed by atoms with van der Waals surface area (Å²) in [7, 11) is 2.20. The Bertz CT molecular complexity index is 797. The van der Waals surface area contributed by atoms with Gasteiger partial charge in [-0.15, -0.1) is 5.10 Å². The Balaban J connectivity index is 0.000000641. The number of aldehydes is 1. The van der Waals surface area contributed by atoms with Crippen molar-refractivity contribution in [3.63, 3.8) is 0 Å². The van der Waals surface area contributed by atoms with Crippen LogP contribution >= 0.6 is 0 Å². The van der Waals surface area contributed by atoms with Crippen molar-refractivity contribution in [2.24, 2.45) is 5.92 Å². The number of likely N-dealkylation sites (tertiary alicyclic amines) is 1. The van der Waals surface area contributed by atoms with Crippen molar-refractivity contribution >= 4 is 18.1 Å². The van der Waals surface area contributed by atoms with E-state index in [1.165, 1.54) is 38.1 Å². The highest BCUT2D eigenvalue weighted by Crippen LogP contribution is 2.13. The van der Waals surface area contributed by atoms with E-state index in [1.807, 2.05) is 13.8 Å². The van der Waals surface area contributed by atoms with E-state index in [9.17, 15) is 14.4 Å². The van der Waals surface area contributed by atoms with Crippen molar-refractivity contribution in [2.45, 2.75) is 53.1 Å². The highest BCUT2D eigenvalue weighted by Gasteiger charge is 2.24. The van der Waals surface area contributed by atoms with Crippen LogP contribution in [0.5, 0.6) is 0 Å². The van der Waals surface area contributed by atoms with Gasteiger partial charge in [-0.05, 0) is 38.9 Å². The maximum Gasteiger partial charge on any atom is 0.253 e. The molecule has 0 spiro atoms.